The molecule has 7 heteroatoms. The first-order valence-electron chi connectivity index (χ1n) is 10.7. The zero-order chi connectivity index (χ0) is 24.6. The molecule has 0 atom stereocenters. The van der Waals surface area contributed by atoms with Crippen LogP contribution < -0.4 is 4.74 Å². The van der Waals surface area contributed by atoms with Crippen LogP contribution in [0.1, 0.15) is 0 Å². The minimum absolute atomic E-state index is 0.206. The van der Waals surface area contributed by atoms with E-state index in [0.717, 1.165) is 26.9 Å². The molecule has 0 spiro atoms. The first kappa shape index (κ1) is 24.7. The summed E-state index contributed by atoms with van der Waals surface area (Å²) in [5.74, 6) is 1.77. The minimum atomic E-state index is 0.206. The molecule has 6 rings (SSSR count). The average molecular weight is 568 g/mol. The van der Waals surface area contributed by atoms with Crippen LogP contribution in [0, 0.1) is 0 Å². The van der Waals surface area contributed by atoms with E-state index in [1.807, 2.05) is 67.0 Å². The number of halogens is 3. The van der Waals surface area contributed by atoms with Crippen LogP contribution in [0.3, 0.4) is 0 Å². The lowest BCUT2D eigenvalue weighted by Gasteiger charge is -2.06. The Kier molecular flexibility index (Phi) is 8.37. The van der Waals surface area contributed by atoms with Crippen LogP contribution in [0.15, 0.2) is 114 Å². The van der Waals surface area contributed by atoms with Crippen LogP contribution in [0.25, 0.3) is 21.8 Å². The van der Waals surface area contributed by atoms with Gasteiger partial charge in [-0.25, -0.2) is 0 Å². The van der Waals surface area contributed by atoms with Crippen LogP contribution in [0.4, 0.5) is 0 Å². The van der Waals surface area contributed by atoms with E-state index in [9.17, 15) is 0 Å². The van der Waals surface area contributed by atoms with Crippen LogP contribution in [-0.4, -0.2) is 15.1 Å². The van der Waals surface area contributed by atoms with Crippen molar-refractivity contribution in [1.29, 1.82) is 0 Å². The SMILES string of the molecule is Brc1cccc2[nH]ccc12.Clc1cccc(Oc2cccc3[nH]ccc23)c1.Oc1cccc(Cl)c1. The topological polar surface area (TPSA) is 61.0 Å². The molecular weight excluding hydrogens is 547 g/mol. The molecule has 6 aromatic rings. The van der Waals surface area contributed by atoms with Crippen LogP contribution in [0.2, 0.25) is 10.0 Å². The number of phenolic OH excluding ortho intramolecular Hbond substituents is 1. The molecular formula is C28H21BrCl2N2O2. The van der Waals surface area contributed by atoms with Crippen molar-refractivity contribution in [2.24, 2.45) is 0 Å². The number of phenols is 1. The molecule has 35 heavy (non-hydrogen) atoms. The second kappa shape index (κ2) is 11.8. The van der Waals surface area contributed by atoms with Gasteiger partial charge in [0.2, 0.25) is 0 Å². The summed E-state index contributed by atoms with van der Waals surface area (Å²) in [7, 11) is 0. The molecule has 0 amide bonds. The van der Waals surface area contributed by atoms with Gasteiger partial charge in [0.25, 0.3) is 0 Å². The molecule has 4 nitrogen and oxygen atoms in total. The summed E-state index contributed by atoms with van der Waals surface area (Å²) in [6.45, 7) is 0. The van der Waals surface area contributed by atoms with Crippen molar-refractivity contribution in [2.75, 3.05) is 0 Å². The molecule has 3 N–H and O–H groups in total. The molecule has 0 bridgehead atoms. The zero-order valence-corrected chi connectivity index (χ0v) is 21.5. The maximum Gasteiger partial charge on any atom is 0.136 e. The second-order valence-corrected chi connectivity index (χ2v) is 9.14. The van der Waals surface area contributed by atoms with Crippen molar-refractivity contribution in [3.8, 4) is 17.2 Å². The Morgan fingerprint density at radius 3 is 1.89 bits per heavy atom. The lowest BCUT2D eigenvalue weighted by Crippen LogP contribution is -1.84. The molecule has 0 aliphatic carbocycles. The quantitative estimate of drug-likeness (QED) is 0.195. The second-order valence-electron chi connectivity index (χ2n) is 7.41. The Morgan fingerprint density at radius 1 is 0.657 bits per heavy atom. The van der Waals surface area contributed by atoms with Gasteiger partial charge in [0, 0.05) is 48.7 Å². The van der Waals surface area contributed by atoms with Gasteiger partial charge < -0.3 is 19.8 Å². The molecule has 0 aliphatic rings. The van der Waals surface area contributed by atoms with Crippen molar-refractivity contribution in [3.05, 3.63) is 124 Å². The van der Waals surface area contributed by atoms with E-state index in [1.165, 1.54) is 17.0 Å². The van der Waals surface area contributed by atoms with Gasteiger partial charge >= 0.3 is 0 Å². The summed E-state index contributed by atoms with van der Waals surface area (Å²) < 4.78 is 6.97. The van der Waals surface area contributed by atoms with Gasteiger partial charge in [-0.05, 0) is 72.8 Å². The molecule has 0 saturated heterocycles. The summed E-state index contributed by atoms with van der Waals surface area (Å²) >= 11 is 14.9. The van der Waals surface area contributed by atoms with Crippen LogP contribution in [0.5, 0.6) is 17.2 Å². The Bertz CT molecular complexity index is 1530. The van der Waals surface area contributed by atoms with Crippen LogP contribution >= 0.6 is 39.1 Å². The molecule has 176 valence electrons. The highest BCUT2D eigenvalue weighted by atomic mass is 79.9. The molecule has 0 saturated carbocycles. The Balaban J connectivity index is 0.000000136. The molecule has 2 aromatic heterocycles. The fraction of sp³-hybridized carbons (Fsp3) is 0. The van der Waals surface area contributed by atoms with Gasteiger partial charge in [-0.1, -0.05) is 63.4 Å². The van der Waals surface area contributed by atoms with Gasteiger partial charge in [-0.2, -0.15) is 0 Å². The van der Waals surface area contributed by atoms with Crippen molar-refractivity contribution in [2.45, 2.75) is 0 Å². The lowest BCUT2D eigenvalue weighted by atomic mass is 10.2. The van der Waals surface area contributed by atoms with Gasteiger partial charge in [-0.15, -0.1) is 0 Å². The van der Waals surface area contributed by atoms with E-state index in [-0.39, 0.29) is 5.75 Å². The highest BCUT2D eigenvalue weighted by Gasteiger charge is 2.04. The fourth-order valence-electron chi connectivity index (χ4n) is 3.33. The molecule has 0 aliphatic heterocycles. The largest absolute Gasteiger partial charge is 0.508 e. The van der Waals surface area contributed by atoms with Crippen molar-refractivity contribution >= 4 is 60.9 Å². The van der Waals surface area contributed by atoms with E-state index in [0.29, 0.717) is 10.0 Å². The first-order chi connectivity index (χ1) is 17.0. The highest BCUT2D eigenvalue weighted by Crippen LogP contribution is 2.30. The van der Waals surface area contributed by atoms with E-state index in [2.05, 4.69) is 38.0 Å². The number of aromatic hydroxyl groups is 1. The Morgan fingerprint density at radius 2 is 1.26 bits per heavy atom. The standard InChI is InChI=1S/C14H10ClNO.C8H6BrN.C6H5ClO/c15-10-3-1-4-11(9-10)17-14-6-2-5-13-12(14)7-8-16-13;9-7-2-1-3-8-6(7)4-5-10-8;7-5-2-1-3-6(8)4-5/h1-9,16H;1-5,10H;1-4,8H. The van der Waals surface area contributed by atoms with E-state index < -0.39 is 0 Å². The predicted molar refractivity (Wildman–Crippen MR) is 149 cm³/mol. The summed E-state index contributed by atoms with van der Waals surface area (Å²) in [5, 5.41) is 12.3. The molecule has 0 fully saturated rings. The number of rotatable bonds is 2. The number of H-pyrrole nitrogens is 2. The van der Waals surface area contributed by atoms with Crippen molar-refractivity contribution < 1.29 is 9.84 Å². The number of aromatic nitrogens is 2. The molecule has 2 heterocycles. The summed E-state index contributed by atoms with van der Waals surface area (Å²) in [5.41, 5.74) is 2.24. The number of hydrogen-bond donors (Lipinski definition) is 3. The monoisotopic (exact) mass is 566 g/mol. The minimum Gasteiger partial charge on any atom is -0.508 e. The summed E-state index contributed by atoms with van der Waals surface area (Å²) in [6, 6.07) is 29.9. The summed E-state index contributed by atoms with van der Waals surface area (Å²) in [4.78, 5) is 6.28. The van der Waals surface area contributed by atoms with Crippen molar-refractivity contribution in [1.82, 2.24) is 9.97 Å². The molecule has 4 aromatic carbocycles. The van der Waals surface area contributed by atoms with Gasteiger partial charge in [0.15, 0.2) is 0 Å². The zero-order valence-electron chi connectivity index (χ0n) is 18.4. The van der Waals surface area contributed by atoms with Crippen LogP contribution in [-0.2, 0) is 0 Å². The smallest absolute Gasteiger partial charge is 0.136 e. The number of aromatic amines is 2. The maximum atomic E-state index is 8.73. The summed E-state index contributed by atoms with van der Waals surface area (Å²) in [6.07, 6.45) is 3.84. The molecule has 0 radical (unpaired) electrons. The number of ether oxygens (including phenoxy) is 1. The van der Waals surface area contributed by atoms with E-state index in [4.69, 9.17) is 33.0 Å². The number of hydrogen-bond acceptors (Lipinski definition) is 2. The third-order valence-electron chi connectivity index (χ3n) is 4.93. The number of benzene rings is 4. The lowest BCUT2D eigenvalue weighted by molar-refractivity contribution is 0.475. The number of fused-ring (bicyclic) bond motifs is 2. The van der Waals surface area contributed by atoms with Gasteiger partial charge in [0.05, 0.1) is 0 Å². The van der Waals surface area contributed by atoms with E-state index in [1.54, 1.807) is 24.3 Å². The highest BCUT2D eigenvalue weighted by molar-refractivity contribution is 9.10. The van der Waals surface area contributed by atoms with Gasteiger partial charge in [-0.3, -0.25) is 0 Å². The Labute approximate surface area is 221 Å². The number of nitrogens with one attached hydrogen (secondary N) is 2. The first-order valence-corrected chi connectivity index (χ1v) is 12.2. The third kappa shape index (κ3) is 6.83. The fourth-order valence-corrected chi connectivity index (χ4v) is 4.19. The average Bonchev–Trinajstić information content (AvgIpc) is 3.51. The maximum absolute atomic E-state index is 8.73. The normalized spacial score (nSPS) is 10.3. The third-order valence-corrected chi connectivity index (χ3v) is 6.09. The molecule has 0 unspecified atom stereocenters. The predicted octanol–water partition coefficient (Wildman–Crippen LogP) is 9.59. The van der Waals surface area contributed by atoms with E-state index >= 15 is 0 Å². The van der Waals surface area contributed by atoms with Gasteiger partial charge in [0.1, 0.15) is 17.2 Å². The van der Waals surface area contributed by atoms with Crippen molar-refractivity contribution in [3.63, 3.8) is 0 Å². The Hall–Kier alpha value is -3.38.